The minimum atomic E-state index is -0.300. The second kappa shape index (κ2) is 10.4. The lowest BCUT2D eigenvalue weighted by Crippen LogP contribution is -2.44. The summed E-state index contributed by atoms with van der Waals surface area (Å²) in [5.74, 6) is -0.494. The van der Waals surface area contributed by atoms with Gasteiger partial charge in [-0.15, -0.1) is 0 Å². The number of imide groups is 1. The number of fused-ring (bicyclic) bond motifs is 1. The third kappa shape index (κ3) is 4.93. The average Bonchev–Trinajstić information content (AvgIpc) is 3.16. The molecule has 3 heterocycles. The number of aromatic nitrogens is 1. The van der Waals surface area contributed by atoms with Crippen LogP contribution in [0.3, 0.4) is 0 Å². The highest BCUT2D eigenvalue weighted by Crippen LogP contribution is 2.25. The minimum Gasteiger partial charge on any atom is -0.343 e. The van der Waals surface area contributed by atoms with E-state index in [9.17, 15) is 14.4 Å². The highest BCUT2D eigenvalue weighted by molar-refractivity contribution is 6.21. The topological polar surface area (TPSA) is 82.6 Å². The average molecular weight is 483 g/mol. The monoisotopic (exact) mass is 482 g/mol. The molecule has 184 valence electrons. The van der Waals surface area contributed by atoms with Gasteiger partial charge in [-0.25, -0.2) is 0 Å². The Morgan fingerprint density at radius 1 is 0.917 bits per heavy atom. The van der Waals surface area contributed by atoms with Crippen LogP contribution in [0, 0.1) is 12.8 Å². The maximum Gasteiger partial charge on any atom is 0.261 e. The van der Waals surface area contributed by atoms with Gasteiger partial charge in [-0.1, -0.05) is 48.0 Å². The van der Waals surface area contributed by atoms with Gasteiger partial charge in [-0.3, -0.25) is 24.3 Å². The van der Waals surface area contributed by atoms with Gasteiger partial charge in [0.25, 0.3) is 11.8 Å². The predicted molar refractivity (Wildman–Crippen MR) is 136 cm³/mol. The number of nitrogens with one attached hydrogen (secondary N) is 1. The molecule has 0 spiro atoms. The van der Waals surface area contributed by atoms with Gasteiger partial charge >= 0.3 is 0 Å². The molecule has 0 saturated carbocycles. The Bertz CT molecular complexity index is 1220. The second-order valence-corrected chi connectivity index (χ2v) is 9.53. The molecule has 7 nitrogen and oxygen atoms in total. The molecule has 3 amide bonds. The zero-order valence-corrected chi connectivity index (χ0v) is 20.4. The molecule has 2 aliphatic heterocycles. The van der Waals surface area contributed by atoms with Crippen molar-refractivity contribution < 1.29 is 14.4 Å². The molecular formula is C29H30N4O3. The standard InChI is InChI=1S/C29H30N4O3/c1-20-9-11-21(12-10-20)26(25-8-4-5-15-30-25)31-27(34)22-13-16-32(17-14-22)18-19-33-28(35)23-6-2-3-7-24(23)29(33)36/h2-12,15,22,26H,13-14,16-19H2,1H3,(H,31,34). The quantitative estimate of drug-likeness (QED) is 0.521. The number of carbonyl (C=O) groups is 3. The van der Waals surface area contributed by atoms with Crippen LogP contribution in [-0.2, 0) is 4.79 Å². The lowest BCUT2D eigenvalue weighted by molar-refractivity contribution is -0.127. The van der Waals surface area contributed by atoms with E-state index < -0.39 is 0 Å². The maximum absolute atomic E-state index is 13.3. The van der Waals surface area contributed by atoms with Crippen molar-refractivity contribution in [2.45, 2.75) is 25.8 Å². The Morgan fingerprint density at radius 3 is 2.17 bits per heavy atom. The molecule has 5 rings (SSSR count). The van der Waals surface area contributed by atoms with E-state index in [2.05, 4.69) is 15.2 Å². The van der Waals surface area contributed by atoms with E-state index in [0.29, 0.717) is 24.2 Å². The molecule has 1 aromatic heterocycles. The number of aryl methyl sites for hydroxylation is 1. The summed E-state index contributed by atoms with van der Waals surface area (Å²) in [5.41, 5.74) is 3.94. The van der Waals surface area contributed by atoms with Gasteiger partial charge in [0.05, 0.1) is 22.9 Å². The van der Waals surface area contributed by atoms with Crippen LogP contribution in [-0.4, -0.2) is 58.7 Å². The molecule has 7 heteroatoms. The van der Waals surface area contributed by atoms with E-state index >= 15 is 0 Å². The van der Waals surface area contributed by atoms with Gasteiger partial charge in [0.15, 0.2) is 0 Å². The van der Waals surface area contributed by atoms with Crippen LogP contribution >= 0.6 is 0 Å². The number of pyridine rings is 1. The summed E-state index contributed by atoms with van der Waals surface area (Å²) >= 11 is 0. The summed E-state index contributed by atoms with van der Waals surface area (Å²) in [6.45, 7) is 4.51. The first-order valence-corrected chi connectivity index (χ1v) is 12.5. The Kier molecular flexibility index (Phi) is 6.91. The molecular weight excluding hydrogens is 452 g/mol. The van der Waals surface area contributed by atoms with Gasteiger partial charge in [0, 0.05) is 25.2 Å². The lowest BCUT2D eigenvalue weighted by atomic mass is 9.94. The second-order valence-electron chi connectivity index (χ2n) is 9.53. The van der Waals surface area contributed by atoms with Gasteiger partial charge in [-0.2, -0.15) is 0 Å². The first-order valence-electron chi connectivity index (χ1n) is 12.5. The number of amides is 3. The smallest absolute Gasteiger partial charge is 0.261 e. The summed E-state index contributed by atoms with van der Waals surface area (Å²) in [7, 11) is 0. The van der Waals surface area contributed by atoms with Crippen LogP contribution in [0.4, 0.5) is 0 Å². The van der Waals surface area contributed by atoms with E-state index in [1.807, 2.05) is 49.4 Å². The molecule has 2 aromatic carbocycles. The highest BCUT2D eigenvalue weighted by atomic mass is 16.2. The number of rotatable bonds is 7. The summed E-state index contributed by atoms with van der Waals surface area (Å²) in [5, 5.41) is 3.23. The van der Waals surface area contributed by atoms with Crippen LogP contribution in [0.15, 0.2) is 72.9 Å². The Balaban J connectivity index is 1.16. The molecule has 2 aliphatic rings. The molecule has 1 unspecified atom stereocenters. The molecule has 1 atom stereocenters. The van der Waals surface area contributed by atoms with Crippen molar-refractivity contribution in [2.24, 2.45) is 5.92 Å². The van der Waals surface area contributed by atoms with Crippen LogP contribution in [0.5, 0.6) is 0 Å². The number of hydrogen-bond acceptors (Lipinski definition) is 5. The van der Waals surface area contributed by atoms with Crippen molar-refractivity contribution >= 4 is 17.7 Å². The number of likely N-dealkylation sites (tertiary alicyclic amines) is 1. The number of nitrogens with zero attached hydrogens (tertiary/aromatic N) is 3. The Morgan fingerprint density at radius 2 is 1.56 bits per heavy atom. The molecule has 36 heavy (non-hydrogen) atoms. The number of hydrogen-bond donors (Lipinski definition) is 1. The van der Waals surface area contributed by atoms with E-state index in [0.717, 1.165) is 37.2 Å². The van der Waals surface area contributed by atoms with Crippen LogP contribution in [0.1, 0.15) is 56.4 Å². The highest BCUT2D eigenvalue weighted by Gasteiger charge is 2.35. The maximum atomic E-state index is 13.3. The van der Waals surface area contributed by atoms with Gasteiger partial charge in [0.1, 0.15) is 0 Å². The zero-order valence-electron chi connectivity index (χ0n) is 20.4. The molecule has 1 saturated heterocycles. The molecule has 0 aliphatic carbocycles. The van der Waals surface area contributed by atoms with Crippen molar-refractivity contribution in [1.29, 1.82) is 0 Å². The number of benzene rings is 2. The van der Waals surface area contributed by atoms with Crippen LogP contribution in [0.2, 0.25) is 0 Å². The summed E-state index contributed by atoms with van der Waals surface area (Å²) in [4.78, 5) is 46.5. The van der Waals surface area contributed by atoms with Crippen molar-refractivity contribution in [3.63, 3.8) is 0 Å². The van der Waals surface area contributed by atoms with E-state index in [-0.39, 0.29) is 29.7 Å². The van der Waals surface area contributed by atoms with Crippen LogP contribution in [0.25, 0.3) is 0 Å². The van der Waals surface area contributed by atoms with Crippen LogP contribution < -0.4 is 5.32 Å². The molecule has 1 fully saturated rings. The predicted octanol–water partition coefficient (Wildman–Crippen LogP) is 3.60. The SMILES string of the molecule is Cc1ccc(C(NC(=O)C2CCN(CCN3C(=O)c4ccccc4C3=O)CC2)c2ccccn2)cc1. The van der Waals surface area contributed by atoms with E-state index in [4.69, 9.17) is 0 Å². The fourth-order valence-electron chi connectivity index (χ4n) is 5.00. The Hall–Kier alpha value is -3.84. The van der Waals surface area contributed by atoms with Gasteiger partial charge in [-0.05, 0) is 62.7 Å². The fraction of sp³-hybridized carbons (Fsp3) is 0.310. The van der Waals surface area contributed by atoms with E-state index in [1.54, 1.807) is 30.5 Å². The zero-order chi connectivity index (χ0) is 25.1. The Labute approximate surface area is 211 Å². The van der Waals surface area contributed by atoms with Gasteiger partial charge < -0.3 is 10.2 Å². The molecule has 0 radical (unpaired) electrons. The molecule has 0 bridgehead atoms. The minimum absolute atomic E-state index is 0.0335. The van der Waals surface area contributed by atoms with Crippen molar-refractivity contribution in [1.82, 2.24) is 20.1 Å². The molecule has 1 N–H and O–H groups in total. The summed E-state index contributed by atoms with van der Waals surface area (Å²) < 4.78 is 0. The summed E-state index contributed by atoms with van der Waals surface area (Å²) in [6, 6.07) is 20.6. The fourth-order valence-corrected chi connectivity index (χ4v) is 5.00. The van der Waals surface area contributed by atoms with E-state index in [1.165, 1.54) is 10.5 Å². The third-order valence-electron chi connectivity index (χ3n) is 7.16. The number of carbonyl (C=O) groups excluding carboxylic acids is 3. The summed E-state index contributed by atoms with van der Waals surface area (Å²) in [6.07, 6.45) is 3.21. The van der Waals surface area contributed by atoms with Crippen molar-refractivity contribution in [3.05, 3.63) is 101 Å². The van der Waals surface area contributed by atoms with Crippen molar-refractivity contribution in [3.8, 4) is 0 Å². The third-order valence-corrected chi connectivity index (χ3v) is 7.16. The van der Waals surface area contributed by atoms with Gasteiger partial charge in [0.2, 0.25) is 5.91 Å². The largest absolute Gasteiger partial charge is 0.343 e. The lowest BCUT2D eigenvalue weighted by Gasteiger charge is -2.33. The number of piperidine rings is 1. The first-order chi connectivity index (χ1) is 17.5. The molecule has 3 aromatic rings. The normalized spacial score (nSPS) is 17.2. The first kappa shape index (κ1) is 23.9. The van der Waals surface area contributed by atoms with Crippen molar-refractivity contribution in [2.75, 3.05) is 26.2 Å².